The Labute approximate surface area is 149 Å². The molecule has 2 rings (SSSR count). The molecular formula is C19H29N3O3. The highest BCUT2D eigenvalue weighted by Crippen LogP contribution is 2.21. The van der Waals surface area contributed by atoms with E-state index in [1.54, 1.807) is 16.7 Å². The molecule has 0 radical (unpaired) electrons. The molecule has 2 amide bonds. The van der Waals surface area contributed by atoms with Crippen LogP contribution in [-0.4, -0.2) is 60.4 Å². The Balaban J connectivity index is 1.90. The Morgan fingerprint density at radius 2 is 1.64 bits per heavy atom. The summed E-state index contributed by atoms with van der Waals surface area (Å²) >= 11 is 0. The summed E-state index contributed by atoms with van der Waals surface area (Å²) in [5.74, 6) is 0.583. The molecule has 1 heterocycles. The van der Waals surface area contributed by atoms with Gasteiger partial charge < -0.3 is 20.3 Å². The summed E-state index contributed by atoms with van der Waals surface area (Å²) in [6.07, 6.45) is -0.549. The van der Waals surface area contributed by atoms with E-state index < -0.39 is 6.10 Å². The number of aryl methyl sites for hydroxylation is 2. The van der Waals surface area contributed by atoms with Crippen molar-refractivity contribution < 1.29 is 14.3 Å². The summed E-state index contributed by atoms with van der Waals surface area (Å²) < 4.78 is 5.86. The van der Waals surface area contributed by atoms with Gasteiger partial charge in [-0.05, 0) is 32.4 Å². The van der Waals surface area contributed by atoms with E-state index in [-0.39, 0.29) is 17.7 Å². The number of carbonyl (C=O) groups excluding carboxylic acids is 2. The predicted octanol–water partition coefficient (Wildman–Crippen LogP) is 1.34. The van der Waals surface area contributed by atoms with E-state index in [2.05, 4.69) is 0 Å². The van der Waals surface area contributed by atoms with Crippen molar-refractivity contribution in [2.45, 2.75) is 33.8 Å². The first-order chi connectivity index (χ1) is 11.8. The van der Waals surface area contributed by atoms with Gasteiger partial charge in [0, 0.05) is 38.6 Å². The third-order valence-electron chi connectivity index (χ3n) is 4.66. The molecule has 6 heteroatoms. The number of ether oxygens (including phenoxy) is 1. The van der Waals surface area contributed by atoms with E-state index in [1.807, 2.05) is 39.0 Å². The highest BCUT2D eigenvalue weighted by molar-refractivity contribution is 5.82. The minimum Gasteiger partial charge on any atom is -0.481 e. The lowest BCUT2D eigenvalue weighted by Gasteiger charge is -2.36. The lowest BCUT2D eigenvalue weighted by atomic mass is 10.1. The van der Waals surface area contributed by atoms with Crippen molar-refractivity contribution >= 4 is 11.8 Å². The summed E-state index contributed by atoms with van der Waals surface area (Å²) in [6, 6.07) is 5.91. The van der Waals surface area contributed by atoms with Gasteiger partial charge in [0.05, 0.1) is 0 Å². The Hall–Kier alpha value is -2.08. The number of hydrogen-bond acceptors (Lipinski definition) is 4. The summed E-state index contributed by atoms with van der Waals surface area (Å²) in [4.78, 5) is 28.3. The van der Waals surface area contributed by atoms with Gasteiger partial charge in [-0.25, -0.2) is 0 Å². The lowest BCUT2D eigenvalue weighted by molar-refractivity contribution is -0.145. The maximum Gasteiger partial charge on any atom is 0.263 e. The number of piperazine rings is 1. The van der Waals surface area contributed by atoms with Crippen molar-refractivity contribution in [1.29, 1.82) is 0 Å². The molecule has 1 fully saturated rings. The maximum atomic E-state index is 12.6. The van der Waals surface area contributed by atoms with Crippen molar-refractivity contribution in [3.8, 4) is 5.75 Å². The number of rotatable bonds is 5. The van der Waals surface area contributed by atoms with E-state index in [1.165, 1.54) is 0 Å². The molecule has 2 atom stereocenters. The predicted molar refractivity (Wildman–Crippen MR) is 97.4 cm³/mol. The van der Waals surface area contributed by atoms with Gasteiger partial charge in [-0.15, -0.1) is 0 Å². The fraction of sp³-hybridized carbons (Fsp3) is 0.579. The largest absolute Gasteiger partial charge is 0.481 e. The molecule has 1 aliphatic rings. The van der Waals surface area contributed by atoms with Crippen LogP contribution < -0.4 is 10.5 Å². The Bertz CT molecular complexity index is 624. The van der Waals surface area contributed by atoms with Gasteiger partial charge in [0.2, 0.25) is 5.91 Å². The SMILES string of the molecule is Cc1ccc(OC(C)C(=O)N2CCN(C(=O)C(C)CN)CC2)c(C)c1. The fourth-order valence-electron chi connectivity index (χ4n) is 2.99. The minimum absolute atomic E-state index is 0.0426. The maximum absolute atomic E-state index is 12.6. The lowest BCUT2D eigenvalue weighted by Crippen LogP contribution is -2.54. The van der Waals surface area contributed by atoms with Crippen LogP contribution in [0.4, 0.5) is 0 Å². The van der Waals surface area contributed by atoms with Crippen LogP contribution in [-0.2, 0) is 9.59 Å². The highest BCUT2D eigenvalue weighted by atomic mass is 16.5. The van der Waals surface area contributed by atoms with Gasteiger partial charge in [-0.1, -0.05) is 24.6 Å². The van der Waals surface area contributed by atoms with Crippen molar-refractivity contribution in [2.75, 3.05) is 32.7 Å². The van der Waals surface area contributed by atoms with Crippen LogP contribution in [0.3, 0.4) is 0 Å². The van der Waals surface area contributed by atoms with Gasteiger partial charge in [-0.3, -0.25) is 9.59 Å². The van der Waals surface area contributed by atoms with Gasteiger partial charge in [-0.2, -0.15) is 0 Å². The zero-order valence-corrected chi connectivity index (χ0v) is 15.6. The molecule has 0 saturated carbocycles. The average Bonchev–Trinajstić information content (AvgIpc) is 2.62. The van der Waals surface area contributed by atoms with Crippen molar-refractivity contribution in [3.05, 3.63) is 29.3 Å². The highest BCUT2D eigenvalue weighted by Gasteiger charge is 2.29. The van der Waals surface area contributed by atoms with Crippen molar-refractivity contribution in [1.82, 2.24) is 9.80 Å². The molecule has 25 heavy (non-hydrogen) atoms. The first-order valence-corrected chi connectivity index (χ1v) is 8.85. The average molecular weight is 347 g/mol. The zero-order valence-electron chi connectivity index (χ0n) is 15.6. The number of nitrogens with two attached hydrogens (primary N) is 1. The van der Waals surface area contributed by atoms with Crippen LogP contribution in [0.1, 0.15) is 25.0 Å². The second-order valence-electron chi connectivity index (χ2n) is 6.82. The fourth-order valence-corrected chi connectivity index (χ4v) is 2.99. The summed E-state index contributed by atoms with van der Waals surface area (Å²) in [7, 11) is 0. The summed E-state index contributed by atoms with van der Waals surface area (Å²) in [5.41, 5.74) is 7.74. The monoisotopic (exact) mass is 347 g/mol. The van der Waals surface area contributed by atoms with E-state index in [0.717, 1.165) is 16.9 Å². The second-order valence-corrected chi connectivity index (χ2v) is 6.82. The summed E-state index contributed by atoms with van der Waals surface area (Å²) in [5, 5.41) is 0. The molecule has 0 spiro atoms. The second kappa shape index (κ2) is 8.34. The van der Waals surface area contributed by atoms with Crippen LogP contribution >= 0.6 is 0 Å². The van der Waals surface area contributed by atoms with Crippen LogP contribution in [0.2, 0.25) is 0 Å². The number of hydrogen-bond donors (Lipinski definition) is 1. The number of carbonyl (C=O) groups is 2. The van der Waals surface area contributed by atoms with E-state index >= 15 is 0 Å². The molecule has 0 aromatic heterocycles. The van der Waals surface area contributed by atoms with E-state index in [9.17, 15) is 9.59 Å². The molecule has 2 unspecified atom stereocenters. The first kappa shape index (κ1) is 19.2. The van der Waals surface area contributed by atoms with Crippen molar-refractivity contribution in [3.63, 3.8) is 0 Å². The molecule has 138 valence electrons. The molecule has 2 N–H and O–H groups in total. The van der Waals surface area contributed by atoms with Gasteiger partial charge in [0.1, 0.15) is 5.75 Å². The molecular weight excluding hydrogens is 318 g/mol. The van der Waals surface area contributed by atoms with Crippen LogP contribution in [0.15, 0.2) is 18.2 Å². The summed E-state index contributed by atoms with van der Waals surface area (Å²) in [6.45, 7) is 10.1. The number of benzene rings is 1. The van der Waals surface area contributed by atoms with E-state index in [0.29, 0.717) is 32.7 Å². The van der Waals surface area contributed by atoms with Gasteiger partial charge in [0.15, 0.2) is 6.10 Å². The van der Waals surface area contributed by atoms with Crippen LogP contribution in [0, 0.1) is 19.8 Å². The standard InChI is InChI=1S/C19H29N3O3/c1-13-5-6-17(14(2)11-13)25-16(4)19(24)22-9-7-21(8-10-22)18(23)15(3)12-20/h5-6,11,15-16H,7-10,12,20H2,1-4H3. The molecule has 0 bridgehead atoms. The van der Waals surface area contributed by atoms with Gasteiger partial charge >= 0.3 is 0 Å². The molecule has 6 nitrogen and oxygen atoms in total. The third-order valence-corrected chi connectivity index (χ3v) is 4.66. The number of nitrogens with zero attached hydrogens (tertiary/aromatic N) is 2. The van der Waals surface area contributed by atoms with Crippen molar-refractivity contribution in [2.24, 2.45) is 11.7 Å². The van der Waals surface area contributed by atoms with Gasteiger partial charge in [0.25, 0.3) is 5.91 Å². The normalized spacial score (nSPS) is 17.2. The minimum atomic E-state index is -0.549. The van der Waals surface area contributed by atoms with E-state index in [4.69, 9.17) is 10.5 Å². The zero-order chi connectivity index (χ0) is 18.6. The van der Waals surface area contributed by atoms with Crippen LogP contribution in [0.25, 0.3) is 0 Å². The third kappa shape index (κ3) is 4.72. The molecule has 1 aromatic rings. The molecule has 1 saturated heterocycles. The topological polar surface area (TPSA) is 75.9 Å². The Kier molecular flexibility index (Phi) is 6.42. The quantitative estimate of drug-likeness (QED) is 0.872. The molecule has 1 aromatic carbocycles. The molecule has 0 aliphatic carbocycles. The Morgan fingerprint density at radius 1 is 1.08 bits per heavy atom. The number of amides is 2. The Morgan fingerprint density at radius 3 is 2.16 bits per heavy atom. The molecule has 1 aliphatic heterocycles. The van der Waals surface area contributed by atoms with Crippen LogP contribution in [0.5, 0.6) is 5.75 Å². The smallest absolute Gasteiger partial charge is 0.263 e. The first-order valence-electron chi connectivity index (χ1n) is 8.85.